The van der Waals surface area contributed by atoms with E-state index in [0.29, 0.717) is 18.8 Å². The van der Waals surface area contributed by atoms with Gasteiger partial charge in [-0.3, -0.25) is 34.2 Å². The number of anilines is 1. The highest BCUT2D eigenvalue weighted by atomic mass is 16.2. The molecule has 0 spiro atoms. The predicted octanol–water partition coefficient (Wildman–Crippen LogP) is -0.364. The van der Waals surface area contributed by atoms with Crippen molar-refractivity contribution in [3.63, 3.8) is 0 Å². The lowest BCUT2D eigenvalue weighted by molar-refractivity contribution is -0.136. The molecule has 0 aliphatic carbocycles. The number of rotatable bonds is 5. The number of amides is 5. The van der Waals surface area contributed by atoms with Crippen LogP contribution in [-0.4, -0.2) is 53.6 Å². The van der Waals surface area contributed by atoms with Crippen molar-refractivity contribution in [1.29, 1.82) is 0 Å². The van der Waals surface area contributed by atoms with E-state index in [-0.39, 0.29) is 29.9 Å². The molecule has 0 radical (unpaired) electrons. The van der Waals surface area contributed by atoms with Crippen LogP contribution in [0.3, 0.4) is 0 Å². The van der Waals surface area contributed by atoms with Gasteiger partial charge in [-0.2, -0.15) is 0 Å². The van der Waals surface area contributed by atoms with Crippen molar-refractivity contribution in [2.45, 2.75) is 25.8 Å². The minimum atomic E-state index is -0.993. The second kappa shape index (κ2) is 6.95. The Kier molecular flexibility index (Phi) is 4.70. The number of carbonyl (C=O) groups excluding carboxylic acids is 5. The molecule has 3 rings (SSSR count). The molecule has 0 bridgehead atoms. The van der Waals surface area contributed by atoms with Gasteiger partial charge in [0.15, 0.2) is 0 Å². The maximum atomic E-state index is 12.8. The Morgan fingerprint density at radius 1 is 1.19 bits per heavy atom. The minimum Gasteiger partial charge on any atom is -0.383 e. The van der Waals surface area contributed by atoms with Crippen molar-refractivity contribution < 1.29 is 24.0 Å². The Morgan fingerprint density at radius 2 is 1.96 bits per heavy atom. The van der Waals surface area contributed by atoms with Gasteiger partial charge in [0.05, 0.1) is 11.1 Å². The fourth-order valence-electron chi connectivity index (χ4n) is 3.10. The Labute approximate surface area is 149 Å². The third-order valence-electron chi connectivity index (χ3n) is 4.28. The van der Waals surface area contributed by atoms with Crippen LogP contribution in [0.4, 0.5) is 5.69 Å². The molecule has 136 valence electrons. The van der Waals surface area contributed by atoms with Crippen LogP contribution in [0.5, 0.6) is 0 Å². The van der Waals surface area contributed by atoms with E-state index in [2.05, 4.69) is 16.0 Å². The Balaban J connectivity index is 1.81. The van der Waals surface area contributed by atoms with Crippen molar-refractivity contribution in [1.82, 2.24) is 15.5 Å². The van der Waals surface area contributed by atoms with Crippen LogP contribution in [0.25, 0.3) is 0 Å². The first-order chi connectivity index (χ1) is 12.4. The van der Waals surface area contributed by atoms with Gasteiger partial charge in [-0.1, -0.05) is 6.07 Å². The summed E-state index contributed by atoms with van der Waals surface area (Å²) in [6.45, 7) is 2.13. The predicted molar refractivity (Wildman–Crippen MR) is 90.3 cm³/mol. The SMILES string of the molecule is CC(=O)NCCNc1cccc2c1C(=O)N(C1CCC(=O)NC1=O)C2=O. The molecular weight excluding hydrogens is 340 g/mol. The molecule has 1 aromatic rings. The second-order valence-electron chi connectivity index (χ2n) is 6.09. The van der Waals surface area contributed by atoms with E-state index in [4.69, 9.17) is 0 Å². The quantitative estimate of drug-likeness (QED) is 0.487. The number of nitrogens with zero attached hydrogens (tertiary/aromatic N) is 1. The summed E-state index contributed by atoms with van der Waals surface area (Å²) in [5.41, 5.74) is 0.871. The fraction of sp³-hybridized carbons (Fsp3) is 0.353. The smallest absolute Gasteiger partial charge is 0.264 e. The lowest BCUT2D eigenvalue weighted by atomic mass is 10.0. The van der Waals surface area contributed by atoms with Crippen LogP contribution in [0.15, 0.2) is 18.2 Å². The highest BCUT2D eigenvalue weighted by Gasteiger charge is 2.45. The monoisotopic (exact) mass is 358 g/mol. The molecule has 9 nitrogen and oxygen atoms in total. The van der Waals surface area contributed by atoms with Crippen LogP contribution in [-0.2, 0) is 14.4 Å². The van der Waals surface area contributed by atoms with Crippen LogP contribution in [0.2, 0.25) is 0 Å². The van der Waals surface area contributed by atoms with E-state index in [1.807, 2.05) is 0 Å². The van der Waals surface area contributed by atoms with Crippen molar-refractivity contribution in [2.24, 2.45) is 0 Å². The lowest BCUT2D eigenvalue weighted by Crippen LogP contribution is -2.54. The summed E-state index contributed by atoms with van der Waals surface area (Å²) >= 11 is 0. The number of benzene rings is 1. The molecule has 1 unspecified atom stereocenters. The summed E-state index contributed by atoms with van der Waals surface area (Å²) in [6.07, 6.45) is 0.188. The van der Waals surface area contributed by atoms with E-state index in [1.165, 1.54) is 13.0 Å². The first-order valence-electron chi connectivity index (χ1n) is 8.23. The Hall–Kier alpha value is -3.23. The van der Waals surface area contributed by atoms with E-state index in [1.54, 1.807) is 12.1 Å². The van der Waals surface area contributed by atoms with E-state index >= 15 is 0 Å². The van der Waals surface area contributed by atoms with Gasteiger partial charge in [-0.05, 0) is 18.6 Å². The molecule has 1 aromatic carbocycles. The zero-order valence-electron chi connectivity index (χ0n) is 14.1. The topological polar surface area (TPSA) is 125 Å². The van der Waals surface area contributed by atoms with E-state index in [0.717, 1.165) is 4.90 Å². The molecule has 1 fully saturated rings. The standard InChI is InChI=1S/C17H18N4O5/c1-9(22)18-7-8-19-11-4-2-3-10-14(11)17(26)21(16(10)25)12-5-6-13(23)20-15(12)24/h2-4,12,19H,5-8H2,1H3,(H,18,22)(H,20,23,24). The van der Waals surface area contributed by atoms with Gasteiger partial charge >= 0.3 is 0 Å². The molecule has 5 amide bonds. The third-order valence-corrected chi connectivity index (χ3v) is 4.28. The Bertz CT molecular complexity index is 819. The average Bonchev–Trinajstić information content (AvgIpc) is 2.84. The van der Waals surface area contributed by atoms with Crippen molar-refractivity contribution in [3.8, 4) is 0 Å². The summed E-state index contributed by atoms with van der Waals surface area (Å²) in [4.78, 5) is 60.7. The van der Waals surface area contributed by atoms with Crippen molar-refractivity contribution >= 4 is 35.2 Å². The molecule has 1 atom stereocenters. The minimum absolute atomic E-state index is 0.0750. The van der Waals surface area contributed by atoms with Crippen LogP contribution in [0.1, 0.15) is 40.5 Å². The molecule has 2 aliphatic heterocycles. The average molecular weight is 358 g/mol. The summed E-state index contributed by atoms with van der Waals surface area (Å²) in [7, 11) is 0. The fourth-order valence-corrected chi connectivity index (χ4v) is 3.10. The number of carbonyl (C=O) groups is 5. The summed E-state index contributed by atoms with van der Waals surface area (Å²) in [6, 6.07) is 3.83. The molecule has 1 saturated heterocycles. The molecular formula is C17H18N4O5. The Morgan fingerprint density at radius 3 is 2.65 bits per heavy atom. The van der Waals surface area contributed by atoms with Crippen LogP contribution < -0.4 is 16.0 Å². The highest BCUT2D eigenvalue weighted by molar-refractivity contribution is 6.25. The van der Waals surface area contributed by atoms with Crippen LogP contribution in [0, 0.1) is 0 Å². The third kappa shape index (κ3) is 3.15. The molecule has 0 aromatic heterocycles. The first kappa shape index (κ1) is 17.6. The molecule has 2 aliphatic rings. The summed E-state index contributed by atoms with van der Waals surface area (Å²) in [5, 5.41) is 7.81. The maximum Gasteiger partial charge on any atom is 0.264 e. The van der Waals surface area contributed by atoms with Crippen molar-refractivity contribution in [2.75, 3.05) is 18.4 Å². The van der Waals surface area contributed by atoms with Gasteiger partial charge in [-0.25, -0.2) is 0 Å². The largest absolute Gasteiger partial charge is 0.383 e. The number of nitrogens with one attached hydrogen (secondary N) is 3. The molecule has 0 saturated carbocycles. The number of fused-ring (bicyclic) bond motifs is 1. The number of hydrogen-bond acceptors (Lipinski definition) is 6. The number of imide groups is 2. The summed E-state index contributed by atoms with van der Waals surface area (Å²) < 4.78 is 0. The molecule has 9 heteroatoms. The summed E-state index contributed by atoms with van der Waals surface area (Å²) in [5.74, 6) is -2.34. The second-order valence-corrected chi connectivity index (χ2v) is 6.09. The zero-order valence-corrected chi connectivity index (χ0v) is 14.1. The van der Waals surface area contributed by atoms with Gasteiger partial charge in [0.2, 0.25) is 17.7 Å². The van der Waals surface area contributed by atoms with Crippen LogP contribution >= 0.6 is 0 Å². The molecule has 26 heavy (non-hydrogen) atoms. The van der Waals surface area contributed by atoms with Gasteiger partial charge in [-0.15, -0.1) is 0 Å². The zero-order chi connectivity index (χ0) is 18.8. The van der Waals surface area contributed by atoms with Crippen molar-refractivity contribution in [3.05, 3.63) is 29.3 Å². The normalized spacial score (nSPS) is 19.3. The van der Waals surface area contributed by atoms with E-state index < -0.39 is 29.7 Å². The lowest BCUT2D eigenvalue weighted by Gasteiger charge is -2.27. The van der Waals surface area contributed by atoms with Gasteiger partial charge in [0.1, 0.15) is 6.04 Å². The molecule has 2 heterocycles. The van der Waals surface area contributed by atoms with E-state index in [9.17, 15) is 24.0 Å². The maximum absolute atomic E-state index is 12.8. The molecule has 3 N–H and O–H groups in total. The highest BCUT2D eigenvalue weighted by Crippen LogP contribution is 2.32. The van der Waals surface area contributed by atoms with Gasteiger partial charge in [0, 0.05) is 32.1 Å². The number of hydrogen-bond donors (Lipinski definition) is 3. The van der Waals surface area contributed by atoms with Gasteiger partial charge in [0.25, 0.3) is 11.8 Å². The first-order valence-corrected chi connectivity index (χ1v) is 8.23. The number of piperidine rings is 1. The van der Waals surface area contributed by atoms with Gasteiger partial charge < -0.3 is 10.6 Å².